The quantitative estimate of drug-likeness (QED) is 0.751. The Bertz CT molecular complexity index is 899. The Morgan fingerprint density at radius 3 is 2.68 bits per heavy atom. The number of hydrogen-bond donors (Lipinski definition) is 1. The van der Waals surface area contributed by atoms with Gasteiger partial charge in [0.1, 0.15) is 11.5 Å². The van der Waals surface area contributed by atoms with Crippen LogP contribution in [0.15, 0.2) is 48.7 Å². The molecular weight excluding hydrogens is 316 g/mol. The number of hydrogen-bond acceptors (Lipinski definition) is 3. The molecule has 0 spiro atoms. The van der Waals surface area contributed by atoms with E-state index < -0.39 is 0 Å². The van der Waals surface area contributed by atoms with E-state index in [4.69, 9.17) is 9.47 Å². The fraction of sp³-hybridized carbons (Fsp3) is 0.250. The predicted octanol–water partition coefficient (Wildman–Crippen LogP) is 3.17. The first kappa shape index (κ1) is 16.9. The smallest absolute Gasteiger partial charge is 0.253 e. The molecule has 5 nitrogen and oxygen atoms in total. The zero-order valence-electron chi connectivity index (χ0n) is 14.7. The van der Waals surface area contributed by atoms with Gasteiger partial charge in [-0.2, -0.15) is 0 Å². The lowest BCUT2D eigenvalue weighted by Crippen LogP contribution is -2.25. The highest BCUT2D eigenvalue weighted by Gasteiger charge is 2.13. The maximum Gasteiger partial charge on any atom is 0.253 e. The van der Waals surface area contributed by atoms with E-state index in [0.29, 0.717) is 18.5 Å². The number of fused-ring (bicyclic) bond motifs is 1. The first-order valence-electron chi connectivity index (χ1n) is 8.17. The van der Waals surface area contributed by atoms with E-state index >= 15 is 0 Å². The van der Waals surface area contributed by atoms with Crippen molar-refractivity contribution in [2.75, 3.05) is 20.8 Å². The number of amides is 1. The summed E-state index contributed by atoms with van der Waals surface area (Å²) in [6.07, 6.45) is 2.53. The molecule has 0 fully saturated rings. The molecule has 0 aliphatic carbocycles. The maximum absolute atomic E-state index is 12.6. The number of para-hydroxylation sites is 1. The number of nitrogens with one attached hydrogen (secondary N) is 1. The molecule has 3 aromatic rings. The number of aryl methyl sites for hydroxylation is 1. The molecule has 0 unspecified atom stereocenters. The van der Waals surface area contributed by atoms with Gasteiger partial charge in [0.15, 0.2) is 0 Å². The molecule has 1 aromatic heterocycles. The molecule has 1 heterocycles. The summed E-state index contributed by atoms with van der Waals surface area (Å²) >= 11 is 0. The molecule has 3 rings (SSSR count). The standard InChI is InChI=1S/C20H22N2O3/c1-22-13-17(16-6-4-5-7-18(16)22)20(23)21-11-10-14-12-15(24-2)8-9-19(14)25-3/h4-9,12-13H,10-11H2,1-3H3,(H,21,23). The van der Waals surface area contributed by atoms with Crippen LogP contribution in [0.25, 0.3) is 10.9 Å². The average Bonchev–Trinajstić information content (AvgIpc) is 2.99. The molecule has 0 aliphatic heterocycles. The lowest BCUT2D eigenvalue weighted by molar-refractivity contribution is 0.0955. The number of carbonyl (C=O) groups is 1. The SMILES string of the molecule is COc1ccc(OC)c(CCNC(=O)c2cn(C)c3ccccc23)c1. The van der Waals surface area contributed by atoms with Gasteiger partial charge in [-0.25, -0.2) is 0 Å². The van der Waals surface area contributed by atoms with Gasteiger partial charge >= 0.3 is 0 Å². The van der Waals surface area contributed by atoms with Crippen LogP contribution in [0.4, 0.5) is 0 Å². The summed E-state index contributed by atoms with van der Waals surface area (Å²) in [6, 6.07) is 13.6. The largest absolute Gasteiger partial charge is 0.497 e. The van der Waals surface area contributed by atoms with E-state index in [-0.39, 0.29) is 5.91 Å². The minimum atomic E-state index is -0.0707. The Morgan fingerprint density at radius 2 is 1.92 bits per heavy atom. The molecule has 1 N–H and O–H groups in total. The molecule has 5 heteroatoms. The highest BCUT2D eigenvalue weighted by Crippen LogP contribution is 2.24. The van der Waals surface area contributed by atoms with Gasteiger partial charge in [0.05, 0.1) is 19.8 Å². The van der Waals surface area contributed by atoms with Crippen LogP contribution >= 0.6 is 0 Å². The van der Waals surface area contributed by atoms with Crippen molar-refractivity contribution < 1.29 is 14.3 Å². The van der Waals surface area contributed by atoms with Gasteiger partial charge in [-0.05, 0) is 36.2 Å². The summed E-state index contributed by atoms with van der Waals surface area (Å²) in [5, 5.41) is 3.95. The van der Waals surface area contributed by atoms with E-state index in [1.807, 2.05) is 60.3 Å². The molecule has 0 atom stereocenters. The van der Waals surface area contributed by atoms with Gasteiger partial charge in [0.25, 0.3) is 5.91 Å². The Morgan fingerprint density at radius 1 is 1.12 bits per heavy atom. The summed E-state index contributed by atoms with van der Waals surface area (Å²) in [7, 11) is 5.22. The van der Waals surface area contributed by atoms with Gasteiger partial charge in [0.2, 0.25) is 0 Å². The molecule has 0 saturated carbocycles. The number of ether oxygens (including phenoxy) is 2. The predicted molar refractivity (Wildman–Crippen MR) is 98.5 cm³/mol. The van der Waals surface area contributed by atoms with Crippen LogP contribution in [0.3, 0.4) is 0 Å². The van der Waals surface area contributed by atoms with Crippen molar-refractivity contribution in [2.45, 2.75) is 6.42 Å². The van der Waals surface area contributed by atoms with Gasteiger partial charge < -0.3 is 19.4 Å². The number of nitrogens with zero attached hydrogens (tertiary/aromatic N) is 1. The van der Waals surface area contributed by atoms with Crippen LogP contribution in [0.5, 0.6) is 11.5 Å². The molecule has 25 heavy (non-hydrogen) atoms. The van der Waals surface area contributed by atoms with Crippen LogP contribution in [0.1, 0.15) is 15.9 Å². The number of aromatic nitrogens is 1. The molecule has 0 aliphatic rings. The van der Waals surface area contributed by atoms with Gasteiger partial charge in [-0.15, -0.1) is 0 Å². The molecule has 0 bridgehead atoms. The zero-order chi connectivity index (χ0) is 17.8. The Kier molecular flexibility index (Phi) is 4.93. The minimum Gasteiger partial charge on any atom is -0.497 e. The fourth-order valence-electron chi connectivity index (χ4n) is 3.01. The monoisotopic (exact) mass is 338 g/mol. The molecule has 1 amide bonds. The third-order valence-corrected chi connectivity index (χ3v) is 4.31. The summed E-state index contributed by atoms with van der Waals surface area (Å²) < 4.78 is 12.6. The van der Waals surface area contributed by atoms with E-state index in [1.54, 1.807) is 14.2 Å². The van der Waals surface area contributed by atoms with Gasteiger partial charge in [-0.1, -0.05) is 18.2 Å². The van der Waals surface area contributed by atoms with Crippen molar-refractivity contribution >= 4 is 16.8 Å². The summed E-state index contributed by atoms with van der Waals surface area (Å²) in [5.74, 6) is 1.50. The molecule has 2 aromatic carbocycles. The van der Waals surface area contributed by atoms with Crippen LogP contribution in [0.2, 0.25) is 0 Å². The molecule has 0 radical (unpaired) electrons. The van der Waals surface area contributed by atoms with Crippen molar-refractivity contribution in [3.63, 3.8) is 0 Å². The average molecular weight is 338 g/mol. The fourth-order valence-corrected chi connectivity index (χ4v) is 3.01. The van der Waals surface area contributed by atoms with Crippen LogP contribution in [0, 0.1) is 0 Å². The summed E-state index contributed by atoms with van der Waals surface area (Å²) in [4.78, 5) is 12.6. The van der Waals surface area contributed by atoms with Crippen molar-refractivity contribution in [1.82, 2.24) is 9.88 Å². The Balaban J connectivity index is 1.71. The zero-order valence-corrected chi connectivity index (χ0v) is 14.7. The second kappa shape index (κ2) is 7.30. The topological polar surface area (TPSA) is 52.5 Å². The Hall–Kier alpha value is -2.95. The second-order valence-corrected chi connectivity index (χ2v) is 5.85. The van der Waals surface area contributed by atoms with Crippen LogP contribution < -0.4 is 14.8 Å². The second-order valence-electron chi connectivity index (χ2n) is 5.85. The Labute approximate surface area is 147 Å². The first-order chi connectivity index (χ1) is 12.1. The summed E-state index contributed by atoms with van der Waals surface area (Å²) in [5.41, 5.74) is 2.73. The third kappa shape index (κ3) is 3.45. The normalized spacial score (nSPS) is 10.7. The molecular formula is C20H22N2O3. The van der Waals surface area contributed by atoms with Crippen molar-refractivity contribution in [2.24, 2.45) is 7.05 Å². The summed E-state index contributed by atoms with van der Waals surface area (Å²) in [6.45, 7) is 0.519. The maximum atomic E-state index is 12.6. The first-order valence-corrected chi connectivity index (χ1v) is 8.17. The van der Waals surface area contributed by atoms with E-state index in [1.165, 1.54) is 0 Å². The number of benzene rings is 2. The van der Waals surface area contributed by atoms with Crippen LogP contribution in [-0.4, -0.2) is 31.2 Å². The number of rotatable bonds is 6. The number of methoxy groups -OCH3 is 2. The third-order valence-electron chi connectivity index (χ3n) is 4.31. The lowest BCUT2D eigenvalue weighted by Gasteiger charge is -2.11. The number of carbonyl (C=O) groups excluding carboxylic acids is 1. The van der Waals surface area contributed by atoms with Crippen molar-refractivity contribution in [1.29, 1.82) is 0 Å². The van der Waals surface area contributed by atoms with Gasteiger partial charge in [0, 0.05) is 30.7 Å². The van der Waals surface area contributed by atoms with E-state index in [2.05, 4.69) is 5.32 Å². The highest BCUT2D eigenvalue weighted by molar-refractivity contribution is 6.06. The molecule has 0 saturated heterocycles. The minimum absolute atomic E-state index is 0.0707. The van der Waals surface area contributed by atoms with Crippen LogP contribution in [-0.2, 0) is 13.5 Å². The molecule has 130 valence electrons. The van der Waals surface area contributed by atoms with Crippen molar-refractivity contribution in [3.8, 4) is 11.5 Å². The van der Waals surface area contributed by atoms with Crippen molar-refractivity contribution in [3.05, 3.63) is 59.8 Å². The lowest BCUT2D eigenvalue weighted by atomic mass is 10.1. The van der Waals surface area contributed by atoms with E-state index in [9.17, 15) is 4.79 Å². The highest BCUT2D eigenvalue weighted by atomic mass is 16.5. The van der Waals surface area contributed by atoms with Gasteiger partial charge in [-0.3, -0.25) is 4.79 Å². The van der Waals surface area contributed by atoms with E-state index in [0.717, 1.165) is 28.0 Å².